The zero-order valence-electron chi connectivity index (χ0n) is 15.6. The maximum absolute atomic E-state index is 8.86. The summed E-state index contributed by atoms with van der Waals surface area (Å²) in [6, 6.07) is 10.2. The topological polar surface area (TPSA) is 51.0 Å². The smallest absolute Gasteiger partial charge is 0.169 e. The lowest BCUT2D eigenvalue weighted by atomic mass is 10.0. The monoisotopic (exact) mass is 391 g/mol. The summed E-state index contributed by atoms with van der Waals surface area (Å²) in [5, 5.41) is 14.3. The molecule has 0 amide bonds. The SMILES string of the molecule is CCC1(CC)OCC(C)(c2csc(Sc3ccc(C(C)=NO)cc3)c2)O1. The van der Waals surface area contributed by atoms with E-state index in [1.807, 2.05) is 24.3 Å². The van der Waals surface area contributed by atoms with Crippen LogP contribution in [0.4, 0.5) is 0 Å². The third kappa shape index (κ3) is 3.83. The molecule has 0 spiro atoms. The second-order valence-electron chi connectivity index (χ2n) is 6.71. The summed E-state index contributed by atoms with van der Waals surface area (Å²) in [4.78, 5) is 1.15. The second kappa shape index (κ2) is 7.72. The fourth-order valence-electron chi connectivity index (χ4n) is 3.06. The van der Waals surface area contributed by atoms with Gasteiger partial charge >= 0.3 is 0 Å². The summed E-state index contributed by atoms with van der Waals surface area (Å²) in [7, 11) is 0. The van der Waals surface area contributed by atoms with Crippen molar-refractivity contribution in [3.63, 3.8) is 0 Å². The van der Waals surface area contributed by atoms with Gasteiger partial charge < -0.3 is 14.7 Å². The number of ether oxygens (including phenoxy) is 2. The first-order chi connectivity index (χ1) is 12.4. The lowest BCUT2D eigenvalue weighted by molar-refractivity contribution is -0.190. The summed E-state index contributed by atoms with van der Waals surface area (Å²) in [5.41, 5.74) is 2.32. The first-order valence-corrected chi connectivity index (χ1v) is 10.5. The van der Waals surface area contributed by atoms with Crippen LogP contribution in [0.3, 0.4) is 0 Å². The van der Waals surface area contributed by atoms with Gasteiger partial charge in [-0.15, -0.1) is 11.3 Å². The van der Waals surface area contributed by atoms with Gasteiger partial charge in [-0.2, -0.15) is 0 Å². The predicted molar refractivity (Wildman–Crippen MR) is 107 cm³/mol. The third-order valence-corrected chi connectivity index (χ3v) is 7.01. The molecule has 6 heteroatoms. The largest absolute Gasteiger partial charge is 0.411 e. The van der Waals surface area contributed by atoms with Gasteiger partial charge in [0.25, 0.3) is 0 Å². The number of benzene rings is 1. The molecular weight excluding hydrogens is 366 g/mol. The first kappa shape index (κ1) is 19.4. The Morgan fingerprint density at radius 3 is 2.54 bits per heavy atom. The Kier molecular flexibility index (Phi) is 5.77. The summed E-state index contributed by atoms with van der Waals surface area (Å²) < 4.78 is 13.6. The average Bonchev–Trinajstić information content (AvgIpc) is 3.28. The molecule has 1 saturated heterocycles. The Bertz CT molecular complexity index is 781. The fourth-order valence-corrected chi connectivity index (χ4v) is 5.14. The number of hydrogen-bond donors (Lipinski definition) is 1. The van der Waals surface area contributed by atoms with Gasteiger partial charge in [-0.3, -0.25) is 0 Å². The Morgan fingerprint density at radius 2 is 1.96 bits per heavy atom. The van der Waals surface area contributed by atoms with Crippen molar-refractivity contribution in [2.75, 3.05) is 6.61 Å². The van der Waals surface area contributed by atoms with E-state index in [4.69, 9.17) is 14.7 Å². The Morgan fingerprint density at radius 1 is 1.27 bits per heavy atom. The molecule has 26 heavy (non-hydrogen) atoms. The van der Waals surface area contributed by atoms with E-state index in [0.717, 1.165) is 23.3 Å². The van der Waals surface area contributed by atoms with Gasteiger partial charge in [0.2, 0.25) is 0 Å². The molecule has 0 aliphatic carbocycles. The van der Waals surface area contributed by atoms with Crippen molar-refractivity contribution in [3.05, 3.63) is 46.8 Å². The molecule has 1 aromatic heterocycles. The maximum Gasteiger partial charge on any atom is 0.169 e. The predicted octanol–water partition coefficient (Wildman–Crippen LogP) is 5.88. The van der Waals surface area contributed by atoms with Crippen LogP contribution in [0, 0.1) is 0 Å². The Labute approximate surface area is 163 Å². The average molecular weight is 392 g/mol. The van der Waals surface area contributed by atoms with E-state index in [1.165, 1.54) is 9.77 Å². The van der Waals surface area contributed by atoms with E-state index in [1.54, 1.807) is 30.0 Å². The minimum Gasteiger partial charge on any atom is -0.411 e. The van der Waals surface area contributed by atoms with Crippen LogP contribution in [0.25, 0.3) is 0 Å². The lowest BCUT2D eigenvalue weighted by Gasteiger charge is -2.28. The van der Waals surface area contributed by atoms with E-state index in [0.29, 0.717) is 12.3 Å². The molecule has 4 nitrogen and oxygen atoms in total. The molecule has 2 heterocycles. The van der Waals surface area contributed by atoms with Crippen LogP contribution >= 0.6 is 23.1 Å². The van der Waals surface area contributed by atoms with Crippen molar-refractivity contribution in [1.82, 2.24) is 0 Å². The second-order valence-corrected chi connectivity index (χ2v) is 8.99. The zero-order chi connectivity index (χ0) is 18.8. The Hall–Kier alpha value is -1.34. The normalized spacial score (nSPS) is 22.7. The zero-order valence-corrected chi connectivity index (χ0v) is 17.2. The van der Waals surface area contributed by atoms with Crippen molar-refractivity contribution in [1.29, 1.82) is 0 Å². The quantitative estimate of drug-likeness (QED) is 0.380. The van der Waals surface area contributed by atoms with Gasteiger partial charge in [0, 0.05) is 4.90 Å². The molecule has 2 aromatic rings. The van der Waals surface area contributed by atoms with Crippen LogP contribution in [-0.4, -0.2) is 23.3 Å². The van der Waals surface area contributed by atoms with Gasteiger partial charge in [0.05, 0.1) is 16.5 Å². The highest BCUT2D eigenvalue weighted by molar-refractivity contribution is 8.01. The molecule has 3 rings (SSSR count). The molecule has 140 valence electrons. The van der Waals surface area contributed by atoms with Crippen LogP contribution in [0.1, 0.15) is 51.7 Å². The van der Waals surface area contributed by atoms with Crippen molar-refractivity contribution < 1.29 is 14.7 Å². The number of nitrogens with zero attached hydrogens (tertiary/aromatic N) is 1. The van der Waals surface area contributed by atoms with Crippen molar-refractivity contribution in [3.8, 4) is 0 Å². The van der Waals surface area contributed by atoms with Crippen molar-refractivity contribution in [2.24, 2.45) is 5.16 Å². The van der Waals surface area contributed by atoms with Gasteiger partial charge in [0.1, 0.15) is 5.60 Å². The van der Waals surface area contributed by atoms with Crippen molar-refractivity contribution >= 4 is 28.8 Å². The molecule has 1 aliphatic heterocycles. The van der Waals surface area contributed by atoms with Crippen LogP contribution in [-0.2, 0) is 15.1 Å². The molecule has 1 aromatic carbocycles. The van der Waals surface area contributed by atoms with E-state index < -0.39 is 5.79 Å². The molecule has 1 unspecified atom stereocenters. The molecule has 0 radical (unpaired) electrons. The van der Waals surface area contributed by atoms with Crippen LogP contribution < -0.4 is 0 Å². The van der Waals surface area contributed by atoms with Crippen LogP contribution in [0.15, 0.2) is 50.0 Å². The van der Waals surface area contributed by atoms with E-state index >= 15 is 0 Å². The maximum atomic E-state index is 8.86. The minimum absolute atomic E-state index is 0.389. The van der Waals surface area contributed by atoms with Gasteiger partial charge in [-0.1, -0.05) is 42.9 Å². The first-order valence-electron chi connectivity index (χ1n) is 8.83. The molecule has 1 atom stereocenters. The van der Waals surface area contributed by atoms with Gasteiger partial charge in [-0.05, 0) is 61.4 Å². The van der Waals surface area contributed by atoms with Gasteiger partial charge in [0.15, 0.2) is 5.79 Å². The summed E-state index contributed by atoms with van der Waals surface area (Å²) >= 11 is 3.45. The molecular formula is C20H25NO3S2. The highest BCUT2D eigenvalue weighted by atomic mass is 32.2. The summed E-state index contributed by atoms with van der Waals surface area (Å²) in [6.07, 6.45) is 1.71. The molecule has 1 N–H and O–H groups in total. The number of oxime groups is 1. The van der Waals surface area contributed by atoms with E-state index in [9.17, 15) is 0 Å². The number of thiophene rings is 1. The number of hydrogen-bond acceptors (Lipinski definition) is 6. The van der Waals surface area contributed by atoms with Gasteiger partial charge in [-0.25, -0.2) is 0 Å². The van der Waals surface area contributed by atoms with E-state index in [-0.39, 0.29) is 5.60 Å². The van der Waals surface area contributed by atoms with Crippen LogP contribution in [0.2, 0.25) is 0 Å². The summed E-state index contributed by atoms with van der Waals surface area (Å²) in [5.74, 6) is -0.452. The third-order valence-electron chi connectivity index (χ3n) is 4.93. The Balaban J connectivity index is 1.72. The highest BCUT2D eigenvalue weighted by Crippen LogP contribution is 2.45. The summed E-state index contributed by atoms with van der Waals surface area (Å²) in [6.45, 7) is 8.70. The standard InChI is InChI=1S/C20H25NO3S2/c1-5-20(6-2)23-13-19(4,24-20)16-11-18(25-12-16)26-17-9-7-15(8-10-17)14(3)21-22/h7-12,22H,5-6,13H2,1-4H3. The highest BCUT2D eigenvalue weighted by Gasteiger charge is 2.47. The molecule has 0 bridgehead atoms. The number of rotatable bonds is 6. The molecule has 0 saturated carbocycles. The molecule has 1 fully saturated rings. The lowest BCUT2D eigenvalue weighted by Crippen LogP contribution is -2.32. The van der Waals surface area contributed by atoms with E-state index in [2.05, 4.69) is 37.4 Å². The fraction of sp³-hybridized carbons (Fsp3) is 0.450. The van der Waals surface area contributed by atoms with Crippen molar-refractivity contribution in [2.45, 2.75) is 61.0 Å². The van der Waals surface area contributed by atoms with Crippen LogP contribution in [0.5, 0.6) is 0 Å². The minimum atomic E-state index is -0.452. The molecule has 1 aliphatic rings.